The third-order valence-corrected chi connectivity index (χ3v) is 3.04. The molecule has 0 radical (unpaired) electrons. The Bertz CT molecular complexity index is 560. The van der Waals surface area contributed by atoms with Crippen molar-refractivity contribution in [2.24, 2.45) is 0 Å². The number of hydrogen-bond donors (Lipinski definition) is 2. The molecule has 0 aromatic carbocycles. The third-order valence-electron chi connectivity index (χ3n) is 3.04. The summed E-state index contributed by atoms with van der Waals surface area (Å²) in [5, 5.41) is 8.15. The number of aromatic nitrogens is 2. The molecule has 0 bridgehead atoms. The number of imide groups is 2. The number of carbonyl (C=O) groups is 4. The van der Waals surface area contributed by atoms with Crippen molar-refractivity contribution in [1.29, 1.82) is 0 Å². The fraction of sp³-hybridized carbons (Fsp3) is 0.300. The number of nitrogens with zero attached hydrogens (tertiary/aromatic N) is 2. The molecular weight excluding hydrogens is 240 g/mol. The normalized spacial score (nSPS) is 23.3. The molecule has 4 amide bonds. The first-order valence-corrected chi connectivity index (χ1v) is 5.34. The Morgan fingerprint density at radius 2 is 2.00 bits per heavy atom. The van der Waals surface area contributed by atoms with Gasteiger partial charge in [-0.3, -0.25) is 34.5 Å². The molecule has 8 heteroatoms. The van der Waals surface area contributed by atoms with E-state index in [4.69, 9.17) is 0 Å². The average Bonchev–Trinajstić information content (AvgIpc) is 2.87. The first kappa shape index (κ1) is 10.6. The second-order valence-electron chi connectivity index (χ2n) is 4.11. The van der Waals surface area contributed by atoms with Gasteiger partial charge in [-0.2, -0.15) is 5.10 Å². The van der Waals surface area contributed by atoms with E-state index in [1.54, 1.807) is 0 Å². The van der Waals surface area contributed by atoms with Crippen LogP contribution in [0.5, 0.6) is 0 Å². The van der Waals surface area contributed by atoms with Gasteiger partial charge >= 0.3 is 0 Å². The van der Waals surface area contributed by atoms with Crippen molar-refractivity contribution < 1.29 is 19.2 Å². The lowest BCUT2D eigenvalue weighted by atomic mass is 10.0. The van der Waals surface area contributed by atoms with Crippen LogP contribution in [0.15, 0.2) is 6.20 Å². The SMILES string of the molecule is O=C1CCC(N2C(=O)c3cn[nH]c3C2=O)C(=O)N1. The molecule has 18 heavy (non-hydrogen) atoms. The maximum atomic E-state index is 12.0. The maximum absolute atomic E-state index is 12.0. The Balaban J connectivity index is 1.93. The number of piperidine rings is 1. The minimum Gasteiger partial charge on any atom is -0.295 e. The molecule has 92 valence electrons. The van der Waals surface area contributed by atoms with Crippen LogP contribution in [0.4, 0.5) is 0 Å². The molecule has 0 aliphatic carbocycles. The molecule has 0 saturated carbocycles. The van der Waals surface area contributed by atoms with Crippen LogP contribution in [0.25, 0.3) is 0 Å². The van der Waals surface area contributed by atoms with Gasteiger partial charge in [0.2, 0.25) is 11.8 Å². The smallest absolute Gasteiger partial charge is 0.280 e. The molecule has 8 nitrogen and oxygen atoms in total. The molecule has 1 atom stereocenters. The van der Waals surface area contributed by atoms with Gasteiger partial charge in [0.1, 0.15) is 11.7 Å². The van der Waals surface area contributed by atoms with E-state index in [-0.39, 0.29) is 24.1 Å². The fourth-order valence-corrected chi connectivity index (χ4v) is 2.17. The highest BCUT2D eigenvalue weighted by atomic mass is 16.2. The summed E-state index contributed by atoms with van der Waals surface area (Å²) in [5.74, 6) is -2.15. The number of amides is 4. The van der Waals surface area contributed by atoms with Crippen molar-refractivity contribution in [2.45, 2.75) is 18.9 Å². The second-order valence-corrected chi connectivity index (χ2v) is 4.11. The lowest BCUT2D eigenvalue weighted by Crippen LogP contribution is -2.54. The zero-order valence-electron chi connectivity index (χ0n) is 9.10. The van der Waals surface area contributed by atoms with E-state index in [1.165, 1.54) is 6.20 Å². The summed E-state index contributed by atoms with van der Waals surface area (Å²) in [6.07, 6.45) is 1.51. The molecule has 2 aliphatic heterocycles. The largest absolute Gasteiger partial charge is 0.295 e. The number of fused-ring (bicyclic) bond motifs is 1. The summed E-state index contributed by atoms with van der Waals surface area (Å²) >= 11 is 0. The molecule has 2 aliphatic rings. The van der Waals surface area contributed by atoms with Gasteiger partial charge in [-0.1, -0.05) is 0 Å². The molecule has 1 fully saturated rings. The van der Waals surface area contributed by atoms with E-state index in [9.17, 15) is 19.2 Å². The van der Waals surface area contributed by atoms with Crippen LogP contribution in [-0.4, -0.2) is 44.8 Å². The highest BCUT2D eigenvalue weighted by Crippen LogP contribution is 2.25. The summed E-state index contributed by atoms with van der Waals surface area (Å²) in [6.45, 7) is 0. The van der Waals surface area contributed by atoms with E-state index in [0.29, 0.717) is 0 Å². The van der Waals surface area contributed by atoms with Crippen molar-refractivity contribution in [1.82, 2.24) is 20.4 Å². The second kappa shape index (κ2) is 3.49. The van der Waals surface area contributed by atoms with Crippen molar-refractivity contribution in [2.75, 3.05) is 0 Å². The molecule has 1 saturated heterocycles. The van der Waals surface area contributed by atoms with Crippen LogP contribution in [0.1, 0.15) is 33.7 Å². The molecule has 2 N–H and O–H groups in total. The number of aromatic amines is 1. The van der Waals surface area contributed by atoms with Gasteiger partial charge < -0.3 is 0 Å². The van der Waals surface area contributed by atoms with Gasteiger partial charge in [0.25, 0.3) is 11.8 Å². The van der Waals surface area contributed by atoms with Gasteiger partial charge in [-0.25, -0.2) is 0 Å². The molecular formula is C10H8N4O4. The lowest BCUT2D eigenvalue weighted by molar-refractivity contribution is -0.136. The Kier molecular flexibility index (Phi) is 2.06. The van der Waals surface area contributed by atoms with E-state index >= 15 is 0 Å². The molecule has 1 unspecified atom stereocenters. The summed E-state index contributed by atoms with van der Waals surface area (Å²) in [6, 6.07) is -0.927. The Hall–Kier alpha value is -2.51. The summed E-state index contributed by atoms with van der Waals surface area (Å²) in [7, 11) is 0. The predicted molar refractivity (Wildman–Crippen MR) is 55.3 cm³/mol. The zero-order valence-corrected chi connectivity index (χ0v) is 9.10. The van der Waals surface area contributed by atoms with E-state index in [2.05, 4.69) is 15.5 Å². The molecule has 3 heterocycles. The van der Waals surface area contributed by atoms with Crippen LogP contribution in [0, 0.1) is 0 Å². The maximum Gasteiger partial charge on any atom is 0.280 e. The first-order valence-electron chi connectivity index (χ1n) is 5.34. The Morgan fingerprint density at radius 3 is 2.67 bits per heavy atom. The minimum atomic E-state index is -0.927. The molecule has 1 aromatic heterocycles. The summed E-state index contributed by atoms with van der Waals surface area (Å²) < 4.78 is 0. The van der Waals surface area contributed by atoms with E-state index in [1.807, 2.05) is 0 Å². The average molecular weight is 248 g/mol. The zero-order chi connectivity index (χ0) is 12.9. The Labute approximate surface area is 100 Å². The Morgan fingerprint density at radius 1 is 1.22 bits per heavy atom. The van der Waals surface area contributed by atoms with Gasteiger partial charge in [-0.05, 0) is 6.42 Å². The standard InChI is InChI=1S/C10H8N4O4/c15-6-2-1-5(8(16)12-6)14-9(17)4-3-11-13-7(4)10(14)18/h3,5H,1-2H2,(H,11,13)(H,12,15,16). The van der Waals surface area contributed by atoms with Crippen LogP contribution in [0.3, 0.4) is 0 Å². The van der Waals surface area contributed by atoms with Crippen LogP contribution in [0.2, 0.25) is 0 Å². The highest BCUT2D eigenvalue weighted by Gasteiger charge is 2.45. The number of hydrogen-bond acceptors (Lipinski definition) is 5. The van der Waals surface area contributed by atoms with Crippen molar-refractivity contribution in [3.8, 4) is 0 Å². The summed E-state index contributed by atoms with van der Waals surface area (Å²) in [4.78, 5) is 47.5. The predicted octanol–water partition coefficient (Wildman–Crippen LogP) is -1.19. The van der Waals surface area contributed by atoms with E-state index < -0.39 is 29.7 Å². The third kappa shape index (κ3) is 1.28. The summed E-state index contributed by atoms with van der Waals surface area (Å²) in [5.41, 5.74) is 0.245. The van der Waals surface area contributed by atoms with Gasteiger partial charge in [0.15, 0.2) is 0 Å². The van der Waals surface area contributed by atoms with Crippen molar-refractivity contribution in [3.63, 3.8) is 0 Å². The number of rotatable bonds is 1. The highest BCUT2D eigenvalue weighted by molar-refractivity contribution is 6.22. The monoisotopic (exact) mass is 248 g/mol. The fourth-order valence-electron chi connectivity index (χ4n) is 2.17. The van der Waals surface area contributed by atoms with Crippen LogP contribution in [-0.2, 0) is 9.59 Å². The quantitative estimate of drug-likeness (QED) is 0.607. The number of carbonyl (C=O) groups excluding carboxylic acids is 4. The van der Waals surface area contributed by atoms with Crippen molar-refractivity contribution >= 4 is 23.6 Å². The van der Waals surface area contributed by atoms with Crippen LogP contribution < -0.4 is 5.32 Å². The minimum absolute atomic E-state index is 0.0877. The number of H-pyrrole nitrogens is 1. The van der Waals surface area contributed by atoms with Crippen LogP contribution >= 0.6 is 0 Å². The molecule has 0 spiro atoms. The van der Waals surface area contributed by atoms with Crippen molar-refractivity contribution in [3.05, 3.63) is 17.5 Å². The molecule has 1 aromatic rings. The number of nitrogens with one attached hydrogen (secondary N) is 2. The molecule has 3 rings (SSSR count). The first-order chi connectivity index (χ1) is 8.59. The van der Waals surface area contributed by atoms with Gasteiger partial charge in [0.05, 0.1) is 11.8 Å². The lowest BCUT2D eigenvalue weighted by Gasteiger charge is -2.27. The van der Waals surface area contributed by atoms with Gasteiger partial charge in [0, 0.05) is 6.42 Å². The van der Waals surface area contributed by atoms with E-state index in [0.717, 1.165) is 4.90 Å². The topological polar surface area (TPSA) is 112 Å². The van der Waals surface area contributed by atoms with Gasteiger partial charge in [-0.15, -0.1) is 0 Å².